The predicted molar refractivity (Wildman–Crippen MR) is 178 cm³/mol. The summed E-state index contributed by atoms with van der Waals surface area (Å²) in [7, 11) is 0. The number of ether oxygens (including phenoxy) is 1. The van der Waals surface area contributed by atoms with Crippen LogP contribution in [-0.2, 0) is 19.9 Å². The quantitative estimate of drug-likeness (QED) is 0.0537. The van der Waals surface area contributed by atoms with Crippen LogP contribution in [0.2, 0.25) is 0 Å². The van der Waals surface area contributed by atoms with Crippen molar-refractivity contribution >= 4 is 35.2 Å². The molecule has 4 aromatic carbocycles. The lowest BCUT2D eigenvalue weighted by molar-refractivity contribution is -0.167. The summed E-state index contributed by atoms with van der Waals surface area (Å²) in [6, 6.07) is 35.1. The zero-order valence-electron chi connectivity index (χ0n) is 25.2. The molecule has 1 N–H and O–H groups in total. The molecule has 1 aliphatic heterocycles. The van der Waals surface area contributed by atoms with Gasteiger partial charge in [0.1, 0.15) is 22.8 Å². The first-order chi connectivity index (χ1) is 21.6. The Labute approximate surface area is 273 Å². The standard InChI is InChI=1S/C37H34ClFN2O3S/c1-36(2,3)44-35(43)32(38)41-33(42)31(34(41)45-25-13-14-26-21-23-30(39)24-22-26)40-37(27-15-7-4-8-16-27,28-17-9-5-10-18-28)29-19-11-6-12-20-29/h4-12,15-24,31-32,34,40H,25H2,1-3H3. The smallest absolute Gasteiger partial charge is 0.345 e. The minimum Gasteiger partial charge on any atom is -0.458 e. The van der Waals surface area contributed by atoms with Crippen LogP contribution in [0.15, 0.2) is 115 Å². The fraction of sp³-hybridized carbons (Fsp3) is 0.243. The van der Waals surface area contributed by atoms with Gasteiger partial charge >= 0.3 is 5.97 Å². The highest BCUT2D eigenvalue weighted by Gasteiger charge is 2.55. The van der Waals surface area contributed by atoms with Crippen molar-refractivity contribution < 1.29 is 18.7 Å². The van der Waals surface area contributed by atoms with E-state index in [0.717, 1.165) is 16.7 Å². The molecule has 0 aromatic heterocycles. The first kappa shape index (κ1) is 32.3. The zero-order chi connectivity index (χ0) is 32.0. The number of benzene rings is 4. The number of amides is 1. The third kappa shape index (κ3) is 7.26. The second-order valence-electron chi connectivity index (χ2n) is 11.6. The van der Waals surface area contributed by atoms with Gasteiger partial charge in [0.2, 0.25) is 11.4 Å². The molecule has 1 amide bonds. The molecule has 0 saturated carbocycles. The van der Waals surface area contributed by atoms with Crippen molar-refractivity contribution in [2.45, 2.75) is 48.8 Å². The highest BCUT2D eigenvalue weighted by Crippen LogP contribution is 2.42. The number of alkyl halides is 1. The third-order valence-electron chi connectivity index (χ3n) is 7.32. The van der Waals surface area contributed by atoms with Crippen LogP contribution in [0.4, 0.5) is 4.39 Å². The summed E-state index contributed by atoms with van der Waals surface area (Å²) in [6.07, 6.45) is 0. The Hall–Kier alpha value is -4.09. The second kappa shape index (κ2) is 13.9. The number of nitrogens with zero attached hydrogens (tertiary/aromatic N) is 1. The summed E-state index contributed by atoms with van der Waals surface area (Å²) in [5.74, 6) is 5.13. The number of likely N-dealkylation sites (tertiary alicyclic amines) is 1. The van der Waals surface area contributed by atoms with Gasteiger partial charge in [-0.25, -0.2) is 9.18 Å². The maximum absolute atomic E-state index is 14.0. The van der Waals surface area contributed by atoms with Gasteiger partial charge in [0.15, 0.2) is 0 Å². The third-order valence-corrected chi connectivity index (χ3v) is 8.86. The Morgan fingerprint density at radius 3 is 1.84 bits per heavy atom. The molecular weight excluding hydrogens is 607 g/mol. The van der Waals surface area contributed by atoms with Gasteiger partial charge in [0, 0.05) is 5.56 Å². The van der Waals surface area contributed by atoms with Crippen LogP contribution in [0.5, 0.6) is 0 Å². The molecule has 0 radical (unpaired) electrons. The second-order valence-corrected chi connectivity index (χ2v) is 13.1. The number of carbonyl (C=O) groups is 2. The summed E-state index contributed by atoms with van der Waals surface area (Å²) < 4.78 is 18.9. The summed E-state index contributed by atoms with van der Waals surface area (Å²) in [4.78, 5) is 28.4. The topological polar surface area (TPSA) is 58.6 Å². The van der Waals surface area contributed by atoms with E-state index in [1.54, 1.807) is 32.9 Å². The van der Waals surface area contributed by atoms with Crippen molar-refractivity contribution in [2.75, 3.05) is 5.75 Å². The largest absolute Gasteiger partial charge is 0.458 e. The van der Waals surface area contributed by atoms with Crippen molar-refractivity contribution in [3.63, 3.8) is 0 Å². The first-order valence-corrected chi connectivity index (χ1v) is 16.1. The Bertz CT molecular complexity index is 1570. The number of hydrogen-bond donors (Lipinski definition) is 1. The van der Waals surface area contributed by atoms with Gasteiger partial charge in [0.25, 0.3) is 0 Å². The molecule has 8 heteroatoms. The molecule has 5 rings (SSSR count). The summed E-state index contributed by atoms with van der Waals surface area (Å²) in [5, 5.41) is 3.19. The molecule has 3 unspecified atom stereocenters. The van der Waals surface area contributed by atoms with Gasteiger partial charge in [-0.3, -0.25) is 10.1 Å². The van der Waals surface area contributed by atoms with E-state index in [1.165, 1.54) is 28.8 Å². The van der Waals surface area contributed by atoms with E-state index in [1.807, 2.05) is 91.0 Å². The molecular formula is C37H34ClFN2O3S. The van der Waals surface area contributed by atoms with E-state index in [4.69, 9.17) is 16.3 Å². The van der Waals surface area contributed by atoms with Crippen molar-refractivity contribution in [3.05, 3.63) is 143 Å². The molecule has 0 spiro atoms. The first-order valence-electron chi connectivity index (χ1n) is 14.6. The predicted octanol–water partition coefficient (Wildman–Crippen LogP) is 6.94. The monoisotopic (exact) mass is 640 g/mol. The van der Waals surface area contributed by atoms with Gasteiger partial charge < -0.3 is 9.64 Å². The number of esters is 1. The SMILES string of the molecule is CC(C)(C)OC(=O)C(Cl)N1C(=O)C(NC(c2ccccc2)(c2ccccc2)c2ccccc2)C1SCC#Cc1ccc(F)cc1. The van der Waals surface area contributed by atoms with Crippen molar-refractivity contribution in [1.29, 1.82) is 0 Å². The minimum absolute atomic E-state index is 0.322. The van der Waals surface area contributed by atoms with Crippen molar-refractivity contribution in [2.24, 2.45) is 0 Å². The molecule has 0 aliphatic carbocycles. The van der Waals surface area contributed by atoms with Gasteiger partial charge in [-0.1, -0.05) is 114 Å². The van der Waals surface area contributed by atoms with Crippen molar-refractivity contribution in [1.82, 2.24) is 10.2 Å². The number of carbonyl (C=O) groups excluding carboxylic acids is 2. The summed E-state index contributed by atoms with van der Waals surface area (Å²) >= 11 is 8.06. The number of β-lactam (4-membered cyclic amide) rings is 1. The summed E-state index contributed by atoms with van der Waals surface area (Å²) in [5.41, 5.74) is 0.504. The number of hydrogen-bond acceptors (Lipinski definition) is 5. The van der Waals surface area contributed by atoms with Crippen LogP contribution in [0.25, 0.3) is 0 Å². The lowest BCUT2D eigenvalue weighted by atomic mass is 9.76. The fourth-order valence-corrected chi connectivity index (χ4v) is 6.77. The number of halogens is 2. The Morgan fingerprint density at radius 1 is 0.889 bits per heavy atom. The zero-order valence-corrected chi connectivity index (χ0v) is 26.8. The van der Waals surface area contributed by atoms with Gasteiger partial charge in [-0.2, -0.15) is 0 Å². The fourth-order valence-electron chi connectivity index (χ4n) is 5.35. The van der Waals surface area contributed by atoms with E-state index >= 15 is 0 Å². The number of nitrogens with one attached hydrogen (secondary N) is 1. The van der Waals surface area contributed by atoms with E-state index in [0.29, 0.717) is 11.3 Å². The molecule has 5 nitrogen and oxygen atoms in total. The normalized spacial score (nSPS) is 17.1. The lowest BCUT2D eigenvalue weighted by Gasteiger charge is -2.52. The van der Waals surface area contributed by atoms with Crippen LogP contribution >= 0.6 is 23.4 Å². The van der Waals surface area contributed by atoms with Crippen LogP contribution in [0, 0.1) is 17.7 Å². The minimum atomic E-state index is -1.32. The van der Waals surface area contributed by atoms with Gasteiger partial charge in [-0.15, -0.1) is 11.8 Å². The molecule has 3 atom stereocenters. The van der Waals surface area contributed by atoms with Crippen LogP contribution in [0.1, 0.15) is 43.0 Å². The molecule has 45 heavy (non-hydrogen) atoms. The van der Waals surface area contributed by atoms with E-state index < -0.39 is 34.0 Å². The van der Waals surface area contributed by atoms with Crippen LogP contribution in [0.3, 0.4) is 0 Å². The maximum atomic E-state index is 14.0. The van der Waals surface area contributed by atoms with Gasteiger partial charge in [0.05, 0.1) is 11.3 Å². The molecule has 230 valence electrons. The van der Waals surface area contributed by atoms with E-state index in [-0.39, 0.29) is 11.7 Å². The molecule has 1 aliphatic rings. The highest BCUT2D eigenvalue weighted by atomic mass is 35.5. The van der Waals surface area contributed by atoms with Crippen LogP contribution < -0.4 is 5.32 Å². The number of thioether (sulfide) groups is 1. The van der Waals surface area contributed by atoms with E-state index in [2.05, 4.69) is 17.2 Å². The maximum Gasteiger partial charge on any atom is 0.345 e. The molecule has 1 saturated heterocycles. The molecule has 0 bridgehead atoms. The Kier molecular flexibility index (Phi) is 9.99. The summed E-state index contributed by atoms with van der Waals surface area (Å²) in [6.45, 7) is 5.26. The van der Waals surface area contributed by atoms with Crippen molar-refractivity contribution in [3.8, 4) is 11.8 Å². The Morgan fingerprint density at radius 2 is 1.38 bits per heavy atom. The van der Waals surface area contributed by atoms with Gasteiger partial charge in [-0.05, 0) is 61.7 Å². The van der Waals surface area contributed by atoms with E-state index in [9.17, 15) is 14.0 Å². The van der Waals surface area contributed by atoms with Crippen LogP contribution in [-0.4, -0.2) is 45.0 Å². The molecule has 1 heterocycles. The average molecular weight is 641 g/mol. The Balaban J connectivity index is 1.53. The lowest BCUT2D eigenvalue weighted by Crippen LogP contribution is -2.74. The molecule has 4 aromatic rings. The number of rotatable bonds is 9. The molecule has 1 fully saturated rings. The highest BCUT2D eigenvalue weighted by molar-refractivity contribution is 8.00. The average Bonchev–Trinajstić information content (AvgIpc) is 3.04.